The Labute approximate surface area is 189 Å². The van der Waals surface area contributed by atoms with Gasteiger partial charge in [0.2, 0.25) is 5.06 Å². The molecule has 10 heteroatoms. The Bertz CT molecular complexity index is 1300. The van der Waals surface area contributed by atoms with Crippen molar-refractivity contribution in [2.24, 2.45) is 0 Å². The lowest BCUT2D eigenvalue weighted by atomic mass is 10.2. The number of aromatic nitrogens is 4. The molecule has 4 rings (SSSR count). The Balaban J connectivity index is 1.61. The van der Waals surface area contributed by atoms with Crippen LogP contribution in [0.3, 0.4) is 0 Å². The average Bonchev–Trinajstić information content (AvgIpc) is 3.22. The fourth-order valence-corrected chi connectivity index (χ4v) is 4.37. The van der Waals surface area contributed by atoms with Crippen molar-refractivity contribution in [2.75, 3.05) is 7.11 Å². The minimum atomic E-state index is -0.601. The van der Waals surface area contributed by atoms with Gasteiger partial charge in [0.05, 0.1) is 25.0 Å². The molecular formula is C21H18BrFN4O3S. The van der Waals surface area contributed by atoms with E-state index in [-0.39, 0.29) is 11.4 Å². The van der Waals surface area contributed by atoms with Gasteiger partial charge in [-0.05, 0) is 59.6 Å². The normalized spacial score (nSPS) is 11.0. The van der Waals surface area contributed by atoms with E-state index in [1.807, 2.05) is 24.3 Å². The van der Waals surface area contributed by atoms with Crippen molar-refractivity contribution in [3.05, 3.63) is 79.8 Å². The molecule has 0 unspecified atom stereocenters. The van der Waals surface area contributed by atoms with Crippen molar-refractivity contribution in [1.82, 2.24) is 19.3 Å². The molecule has 4 aromatic rings. The Hall–Kier alpha value is -2.98. The van der Waals surface area contributed by atoms with Crippen LogP contribution in [0.1, 0.15) is 17.1 Å². The second-order valence-corrected chi connectivity index (χ2v) is 8.97. The number of methoxy groups -OCH3 is 1. The number of rotatable bonds is 6. The van der Waals surface area contributed by atoms with Gasteiger partial charge in [-0.1, -0.05) is 23.5 Å². The summed E-state index contributed by atoms with van der Waals surface area (Å²) >= 11 is 4.55. The van der Waals surface area contributed by atoms with Crippen LogP contribution in [0.2, 0.25) is 0 Å². The van der Waals surface area contributed by atoms with E-state index in [0.29, 0.717) is 32.7 Å². The molecule has 0 aliphatic rings. The first-order valence-electron chi connectivity index (χ1n) is 9.26. The first-order chi connectivity index (χ1) is 14.9. The van der Waals surface area contributed by atoms with Gasteiger partial charge in [-0.3, -0.25) is 4.57 Å². The molecule has 0 amide bonds. The molecule has 2 aromatic heterocycles. The van der Waals surface area contributed by atoms with Gasteiger partial charge in [-0.25, -0.2) is 14.2 Å². The van der Waals surface area contributed by atoms with Crippen molar-refractivity contribution in [2.45, 2.75) is 20.4 Å². The lowest BCUT2D eigenvalue weighted by Gasteiger charge is -2.07. The molecular weight excluding hydrogens is 487 g/mol. The van der Waals surface area contributed by atoms with E-state index in [2.05, 4.69) is 26.0 Å². The van der Waals surface area contributed by atoms with E-state index in [4.69, 9.17) is 9.47 Å². The van der Waals surface area contributed by atoms with Crippen LogP contribution in [0.4, 0.5) is 4.39 Å². The smallest absolute Gasteiger partial charge is 0.351 e. The maximum absolute atomic E-state index is 14.7. The molecule has 31 heavy (non-hydrogen) atoms. The average molecular weight is 505 g/mol. The first-order valence-corrected chi connectivity index (χ1v) is 10.9. The summed E-state index contributed by atoms with van der Waals surface area (Å²) in [6.45, 7) is 3.86. The number of thiazole rings is 1. The second-order valence-electron chi connectivity index (χ2n) is 6.73. The number of nitrogens with zero attached hydrogens (tertiary/aromatic N) is 4. The zero-order valence-electron chi connectivity index (χ0n) is 16.9. The zero-order chi connectivity index (χ0) is 22.1. The minimum Gasteiger partial charge on any atom is -0.497 e. The largest absolute Gasteiger partial charge is 0.497 e. The second kappa shape index (κ2) is 8.64. The third kappa shape index (κ3) is 4.40. The number of aryl methyl sites for hydroxylation is 2. The van der Waals surface area contributed by atoms with E-state index >= 15 is 0 Å². The Kier molecular flexibility index (Phi) is 5.92. The highest BCUT2D eigenvalue weighted by Gasteiger charge is 2.16. The van der Waals surface area contributed by atoms with Crippen LogP contribution in [0.15, 0.2) is 51.2 Å². The fourth-order valence-electron chi connectivity index (χ4n) is 3.01. The number of hydrogen-bond donors (Lipinski definition) is 0. The van der Waals surface area contributed by atoms with Crippen LogP contribution in [0, 0.1) is 19.7 Å². The van der Waals surface area contributed by atoms with Gasteiger partial charge in [-0.2, -0.15) is 9.78 Å². The quantitative estimate of drug-likeness (QED) is 0.375. The van der Waals surface area contributed by atoms with Crippen molar-refractivity contribution < 1.29 is 13.9 Å². The van der Waals surface area contributed by atoms with Crippen molar-refractivity contribution in [1.29, 1.82) is 0 Å². The summed E-state index contributed by atoms with van der Waals surface area (Å²) in [5, 5.41) is 4.80. The molecule has 2 heterocycles. The summed E-state index contributed by atoms with van der Waals surface area (Å²) in [7, 11) is 1.60. The van der Waals surface area contributed by atoms with Crippen LogP contribution < -0.4 is 15.2 Å². The highest BCUT2D eigenvalue weighted by molar-refractivity contribution is 9.11. The van der Waals surface area contributed by atoms with Gasteiger partial charge in [0.15, 0.2) is 15.5 Å². The van der Waals surface area contributed by atoms with E-state index in [0.717, 1.165) is 11.3 Å². The molecule has 2 aromatic carbocycles. The number of hydrogen-bond acceptors (Lipinski definition) is 6. The minimum absolute atomic E-state index is 0.0467. The van der Waals surface area contributed by atoms with E-state index < -0.39 is 5.82 Å². The van der Waals surface area contributed by atoms with Gasteiger partial charge in [0.1, 0.15) is 11.6 Å². The number of halogens is 2. The standard InChI is InChI=1S/C21H18BrFN4O3S/c1-12-19(31-20(22)24-12)30-18-9-6-15(10-17(18)23)27-21(28)26(13(2)25-27)11-14-4-7-16(29-3)8-5-14/h4-10H,11H2,1-3H3. The number of benzene rings is 2. The summed E-state index contributed by atoms with van der Waals surface area (Å²) in [5.74, 6) is 0.704. The molecule has 0 spiro atoms. The molecule has 0 fully saturated rings. The van der Waals surface area contributed by atoms with Gasteiger partial charge in [-0.15, -0.1) is 0 Å². The highest BCUT2D eigenvalue weighted by atomic mass is 79.9. The summed E-state index contributed by atoms with van der Waals surface area (Å²) in [6.07, 6.45) is 0. The van der Waals surface area contributed by atoms with Gasteiger partial charge in [0.25, 0.3) is 0 Å². The monoisotopic (exact) mass is 504 g/mol. The van der Waals surface area contributed by atoms with E-state index in [1.54, 1.807) is 27.0 Å². The van der Waals surface area contributed by atoms with E-state index in [1.165, 1.54) is 32.7 Å². The Morgan fingerprint density at radius 1 is 1.16 bits per heavy atom. The molecule has 0 radical (unpaired) electrons. The highest BCUT2D eigenvalue weighted by Crippen LogP contribution is 2.35. The zero-order valence-corrected chi connectivity index (χ0v) is 19.3. The van der Waals surface area contributed by atoms with Crippen LogP contribution in [-0.4, -0.2) is 26.4 Å². The van der Waals surface area contributed by atoms with Crippen LogP contribution in [0.25, 0.3) is 5.69 Å². The summed E-state index contributed by atoms with van der Waals surface area (Å²) in [6, 6.07) is 11.7. The van der Waals surface area contributed by atoms with Crippen LogP contribution >= 0.6 is 27.3 Å². The summed E-state index contributed by atoms with van der Waals surface area (Å²) < 4.78 is 28.9. The molecule has 160 valence electrons. The van der Waals surface area contributed by atoms with Crippen LogP contribution in [0.5, 0.6) is 16.6 Å². The molecule has 0 saturated heterocycles. The van der Waals surface area contributed by atoms with Crippen molar-refractivity contribution in [3.8, 4) is 22.2 Å². The molecule has 0 aliphatic heterocycles. The predicted molar refractivity (Wildman–Crippen MR) is 119 cm³/mol. The molecule has 0 saturated carbocycles. The Morgan fingerprint density at radius 2 is 1.90 bits per heavy atom. The van der Waals surface area contributed by atoms with E-state index in [9.17, 15) is 9.18 Å². The summed E-state index contributed by atoms with van der Waals surface area (Å²) in [4.78, 5) is 17.1. The topological polar surface area (TPSA) is 71.2 Å². The van der Waals surface area contributed by atoms with Gasteiger partial charge >= 0.3 is 5.69 Å². The lowest BCUT2D eigenvalue weighted by molar-refractivity contribution is 0.414. The predicted octanol–water partition coefficient (Wildman–Crippen LogP) is 4.86. The van der Waals surface area contributed by atoms with Crippen molar-refractivity contribution in [3.63, 3.8) is 0 Å². The molecule has 0 atom stereocenters. The maximum atomic E-state index is 14.7. The Morgan fingerprint density at radius 3 is 2.52 bits per heavy atom. The maximum Gasteiger partial charge on any atom is 0.351 e. The lowest BCUT2D eigenvalue weighted by Crippen LogP contribution is -2.24. The van der Waals surface area contributed by atoms with Gasteiger partial charge in [0, 0.05) is 6.07 Å². The third-order valence-electron chi connectivity index (χ3n) is 4.64. The van der Waals surface area contributed by atoms with Crippen LogP contribution in [-0.2, 0) is 6.54 Å². The molecule has 0 N–H and O–H groups in total. The summed E-state index contributed by atoms with van der Waals surface area (Å²) in [5.41, 5.74) is 1.54. The fraction of sp³-hybridized carbons (Fsp3) is 0.190. The first kappa shape index (κ1) is 21.3. The SMILES string of the molecule is COc1ccc(Cn2c(C)nn(-c3ccc(Oc4sc(Br)nc4C)c(F)c3)c2=O)cc1. The molecule has 0 aliphatic carbocycles. The molecule has 0 bridgehead atoms. The van der Waals surface area contributed by atoms with Gasteiger partial charge < -0.3 is 9.47 Å². The van der Waals surface area contributed by atoms with Crippen molar-refractivity contribution >= 4 is 27.3 Å². The third-order valence-corrected chi connectivity index (χ3v) is 6.12. The molecule has 7 nitrogen and oxygen atoms in total. The number of ether oxygens (including phenoxy) is 2.